The Bertz CT molecular complexity index is 549. The van der Waals surface area contributed by atoms with Gasteiger partial charge in [0.15, 0.2) is 0 Å². The summed E-state index contributed by atoms with van der Waals surface area (Å²) in [6, 6.07) is 10.4. The Hall–Kier alpha value is -2.14. The van der Waals surface area contributed by atoms with Gasteiger partial charge in [-0.1, -0.05) is 31.2 Å². The van der Waals surface area contributed by atoms with Crippen molar-refractivity contribution in [1.82, 2.24) is 9.97 Å². The predicted molar refractivity (Wildman–Crippen MR) is 75.5 cm³/mol. The van der Waals surface area contributed by atoms with Gasteiger partial charge in [-0.3, -0.25) is 0 Å². The predicted octanol–water partition coefficient (Wildman–Crippen LogP) is 1.84. The molecule has 1 aliphatic heterocycles. The fraction of sp³-hybridized carbons (Fsp3) is 0.286. The topological polar surface area (TPSA) is 67.1 Å². The molecule has 3 N–H and O–H groups in total. The number of fused-ring (bicyclic) bond motifs is 1. The minimum Gasteiger partial charge on any atom is -0.348 e. The second kappa shape index (κ2) is 4.85. The zero-order chi connectivity index (χ0) is 13.2. The third-order valence-electron chi connectivity index (χ3n) is 3.39. The molecule has 0 saturated carbocycles. The molecule has 0 saturated heterocycles. The van der Waals surface area contributed by atoms with Crippen molar-refractivity contribution < 1.29 is 0 Å². The van der Waals surface area contributed by atoms with Crippen LogP contribution in [0.1, 0.15) is 23.9 Å². The van der Waals surface area contributed by atoms with Crippen molar-refractivity contribution in [3.63, 3.8) is 0 Å². The number of nitrogen functional groups attached to an aromatic ring is 1. The number of nitrogens with zero attached hydrogens (tertiary/aromatic N) is 3. The Labute approximate surface area is 112 Å². The fourth-order valence-corrected chi connectivity index (χ4v) is 2.37. The molecule has 0 fully saturated rings. The van der Waals surface area contributed by atoms with Crippen molar-refractivity contribution in [1.29, 1.82) is 0 Å². The van der Waals surface area contributed by atoms with Crippen LogP contribution in [-0.2, 0) is 19.5 Å². The van der Waals surface area contributed by atoms with Crippen molar-refractivity contribution in [3.05, 3.63) is 47.3 Å². The quantitative estimate of drug-likeness (QED) is 0.647. The molecule has 0 unspecified atom stereocenters. The highest BCUT2D eigenvalue weighted by Gasteiger charge is 2.20. The number of aromatic nitrogens is 2. The summed E-state index contributed by atoms with van der Waals surface area (Å²) in [5.74, 6) is 7.86. The van der Waals surface area contributed by atoms with E-state index in [0.29, 0.717) is 5.82 Å². The Morgan fingerprint density at radius 2 is 1.89 bits per heavy atom. The van der Waals surface area contributed by atoms with E-state index in [2.05, 4.69) is 44.6 Å². The van der Waals surface area contributed by atoms with Gasteiger partial charge >= 0.3 is 0 Å². The van der Waals surface area contributed by atoms with Crippen LogP contribution in [0, 0.1) is 0 Å². The molecule has 5 heteroatoms. The third kappa shape index (κ3) is 2.24. The van der Waals surface area contributed by atoms with Gasteiger partial charge in [0, 0.05) is 25.6 Å². The van der Waals surface area contributed by atoms with E-state index in [4.69, 9.17) is 5.84 Å². The number of rotatable bonds is 3. The smallest absolute Gasteiger partial charge is 0.145 e. The van der Waals surface area contributed by atoms with E-state index in [-0.39, 0.29) is 0 Å². The van der Waals surface area contributed by atoms with Crippen molar-refractivity contribution in [3.8, 4) is 0 Å². The molecule has 98 valence electrons. The summed E-state index contributed by atoms with van der Waals surface area (Å²) in [5, 5.41) is 0. The lowest BCUT2D eigenvalue weighted by Crippen LogP contribution is -2.19. The summed E-state index contributed by atoms with van der Waals surface area (Å²) in [5.41, 5.74) is 5.33. The molecular weight excluding hydrogens is 238 g/mol. The van der Waals surface area contributed by atoms with Crippen molar-refractivity contribution in [2.75, 3.05) is 10.3 Å². The molecule has 0 spiro atoms. The number of nitrogens with two attached hydrogens (primary N) is 1. The molecule has 0 radical (unpaired) electrons. The van der Waals surface area contributed by atoms with E-state index < -0.39 is 0 Å². The fourth-order valence-electron chi connectivity index (χ4n) is 2.37. The molecule has 0 atom stereocenters. The SMILES string of the molecule is CCc1nc(NN)cc(N2Cc3ccccc3C2)n1. The van der Waals surface area contributed by atoms with Crippen LogP contribution < -0.4 is 16.2 Å². The van der Waals surface area contributed by atoms with Gasteiger partial charge in [-0.25, -0.2) is 15.8 Å². The number of hydrogen-bond donors (Lipinski definition) is 2. The molecule has 5 nitrogen and oxygen atoms in total. The number of aryl methyl sites for hydroxylation is 1. The molecule has 2 aromatic rings. The van der Waals surface area contributed by atoms with Crippen LogP contribution in [0.3, 0.4) is 0 Å². The highest BCUT2D eigenvalue weighted by molar-refractivity contribution is 5.52. The number of nitrogens with one attached hydrogen (secondary N) is 1. The van der Waals surface area contributed by atoms with Gasteiger partial charge < -0.3 is 10.3 Å². The van der Waals surface area contributed by atoms with Crippen LogP contribution in [0.2, 0.25) is 0 Å². The lowest BCUT2D eigenvalue weighted by molar-refractivity contribution is 0.829. The number of benzene rings is 1. The molecule has 3 rings (SSSR count). The van der Waals surface area contributed by atoms with Gasteiger partial charge in [0.25, 0.3) is 0 Å². The average Bonchev–Trinajstić information content (AvgIpc) is 2.90. The van der Waals surface area contributed by atoms with Crippen molar-refractivity contribution in [2.45, 2.75) is 26.4 Å². The first kappa shape index (κ1) is 11.9. The summed E-state index contributed by atoms with van der Waals surface area (Å²) in [4.78, 5) is 11.1. The maximum absolute atomic E-state index is 5.47. The standard InChI is InChI=1S/C14H17N5/c1-2-12-16-13(18-15)7-14(17-12)19-8-10-5-3-4-6-11(10)9-19/h3-7H,2,8-9,15H2,1H3,(H,16,17,18). The van der Waals surface area contributed by atoms with E-state index in [1.165, 1.54) is 11.1 Å². The monoisotopic (exact) mass is 255 g/mol. The molecule has 19 heavy (non-hydrogen) atoms. The molecule has 2 heterocycles. The van der Waals surface area contributed by atoms with Crippen LogP contribution in [0.15, 0.2) is 30.3 Å². The van der Waals surface area contributed by atoms with E-state index >= 15 is 0 Å². The van der Waals surface area contributed by atoms with Gasteiger partial charge in [-0.15, -0.1) is 0 Å². The Balaban J connectivity index is 1.92. The van der Waals surface area contributed by atoms with Gasteiger partial charge in [-0.05, 0) is 11.1 Å². The van der Waals surface area contributed by atoms with Gasteiger partial charge in [0.05, 0.1) is 0 Å². The molecular formula is C14H17N5. The van der Waals surface area contributed by atoms with E-state index in [0.717, 1.165) is 31.2 Å². The van der Waals surface area contributed by atoms with Gasteiger partial charge in [-0.2, -0.15) is 0 Å². The van der Waals surface area contributed by atoms with Crippen LogP contribution in [0.5, 0.6) is 0 Å². The first-order valence-electron chi connectivity index (χ1n) is 6.46. The summed E-state index contributed by atoms with van der Waals surface area (Å²) >= 11 is 0. The Kier molecular flexibility index (Phi) is 3.05. The summed E-state index contributed by atoms with van der Waals surface area (Å²) in [6.45, 7) is 3.82. The van der Waals surface area contributed by atoms with Crippen LogP contribution in [-0.4, -0.2) is 9.97 Å². The Morgan fingerprint density at radius 3 is 2.47 bits per heavy atom. The summed E-state index contributed by atoms with van der Waals surface area (Å²) in [6.07, 6.45) is 0.795. The van der Waals surface area contributed by atoms with Crippen LogP contribution >= 0.6 is 0 Å². The molecule has 0 bridgehead atoms. The second-order valence-electron chi connectivity index (χ2n) is 4.65. The summed E-state index contributed by atoms with van der Waals surface area (Å²) < 4.78 is 0. The summed E-state index contributed by atoms with van der Waals surface area (Å²) in [7, 11) is 0. The van der Waals surface area contributed by atoms with E-state index in [1.807, 2.05) is 13.0 Å². The number of hydrazine groups is 1. The van der Waals surface area contributed by atoms with Crippen LogP contribution in [0.4, 0.5) is 11.6 Å². The maximum atomic E-state index is 5.47. The Morgan fingerprint density at radius 1 is 1.21 bits per heavy atom. The van der Waals surface area contributed by atoms with Crippen molar-refractivity contribution >= 4 is 11.6 Å². The zero-order valence-corrected chi connectivity index (χ0v) is 10.9. The van der Waals surface area contributed by atoms with E-state index in [9.17, 15) is 0 Å². The van der Waals surface area contributed by atoms with Crippen molar-refractivity contribution in [2.24, 2.45) is 5.84 Å². The van der Waals surface area contributed by atoms with E-state index in [1.54, 1.807) is 0 Å². The zero-order valence-electron chi connectivity index (χ0n) is 10.9. The average molecular weight is 255 g/mol. The lowest BCUT2D eigenvalue weighted by Gasteiger charge is -2.17. The molecule has 0 aliphatic carbocycles. The number of anilines is 2. The minimum absolute atomic E-state index is 0.665. The first-order valence-corrected chi connectivity index (χ1v) is 6.46. The molecule has 1 aliphatic rings. The largest absolute Gasteiger partial charge is 0.348 e. The molecule has 1 aromatic heterocycles. The normalized spacial score (nSPS) is 13.5. The molecule has 0 amide bonds. The third-order valence-corrected chi connectivity index (χ3v) is 3.39. The maximum Gasteiger partial charge on any atom is 0.145 e. The van der Waals surface area contributed by atoms with Gasteiger partial charge in [0.1, 0.15) is 17.5 Å². The van der Waals surface area contributed by atoms with Crippen LogP contribution in [0.25, 0.3) is 0 Å². The van der Waals surface area contributed by atoms with Gasteiger partial charge in [0.2, 0.25) is 0 Å². The lowest BCUT2D eigenvalue weighted by atomic mass is 10.1. The highest BCUT2D eigenvalue weighted by Crippen LogP contribution is 2.27. The molecule has 1 aromatic carbocycles. The first-order chi connectivity index (χ1) is 9.30. The minimum atomic E-state index is 0.665. The highest BCUT2D eigenvalue weighted by atomic mass is 15.3. The number of hydrogen-bond acceptors (Lipinski definition) is 5. The second-order valence-corrected chi connectivity index (χ2v) is 4.65.